The minimum absolute atomic E-state index is 0.291. The summed E-state index contributed by atoms with van der Waals surface area (Å²) in [4.78, 5) is 32.8. The summed E-state index contributed by atoms with van der Waals surface area (Å²) in [5, 5.41) is 2.27. The summed E-state index contributed by atoms with van der Waals surface area (Å²) in [6, 6.07) is 5.92. The Labute approximate surface area is 97.7 Å². The van der Waals surface area contributed by atoms with Gasteiger partial charge in [0.1, 0.15) is 0 Å². The van der Waals surface area contributed by atoms with Crippen LogP contribution in [0.1, 0.15) is 17.3 Å². The van der Waals surface area contributed by atoms with Gasteiger partial charge in [0.2, 0.25) is 0 Å². The summed E-state index contributed by atoms with van der Waals surface area (Å²) < 4.78 is 4.79. The van der Waals surface area contributed by atoms with E-state index in [1.54, 1.807) is 6.92 Å². The van der Waals surface area contributed by atoms with Crippen molar-refractivity contribution in [3.8, 4) is 0 Å². The number of esters is 1. The first-order valence-electron chi connectivity index (χ1n) is 4.92. The zero-order valence-corrected chi connectivity index (χ0v) is 9.23. The van der Waals surface area contributed by atoms with E-state index in [-0.39, 0.29) is 0 Å². The number of carbonyl (C=O) groups excluding carboxylic acids is 3. The number of anilines is 1. The van der Waals surface area contributed by atoms with Crippen molar-refractivity contribution in [1.29, 1.82) is 0 Å². The van der Waals surface area contributed by atoms with Gasteiger partial charge in [-0.25, -0.2) is 4.79 Å². The van der Waals surface area contributed by atoms with Gasteiger partial charge in [0.15, 0.2) is 0 Å². The quantitative estimate of drug-likeness (QED) is 0.582. The van der Waals surface area contributed by atoms with Crippen molar-refractivity contribution in [2.75, 3.05) is 11.9 Å². The summed E-state index contributed by atoms with van der Waals surface area (Å²) >= 11 is 0. The van der Waals surface area contributed by atoms with Crippen LogP contribution in [0.15, 0.2) is 24.3 Å². The second-order valence-corrected chi connectivity index (χ2v) is 3.12. The summed E-state index contributed by atoms with van der Waals surface area (Å²) in [5.74, 6) is -2.42. The van der Waals surface area contributed by atoms with Gasteiger partial charge in [0, 0.05) is 5.69 Å². The van der Waals surface area contributed by atoms with Gasteiger partial charge in [-0.2, -0.15) is 0 Å². The van der Waals surface area contributed by atoms with Crippen molar-refractivity contribution in [2.45, 2.75) is 6.92 Å². The van der Waals surface area contributed by atoms with E-state index in [1.165, 1.54) is 24.3 Å². The number of rotatable bonds is 3. The number of hydrogen-bond acceptors (Lipinski definition) is 4. The zero-order chi connectivity index (χ0) is 12.8. The van der Waals surface area contributed by atoms with Crippen LogP contribution in [0.25, 0.3) is 0 Å². The highest BCUT2D eigenvalue weighted by molar-refractivity contribution is 6.39. The van der Waals surface area contributed by atoms with Crippen LogP contribution in [0.5, 0.6) is 0 Å². The molecule has 0 saturated carbocycles. The Balaban J connectivity index is 2.71. The fourth-order valence-electron chi connectivity index (χ4n) is 1.10. The van der Waals surface area contributed by atoms with Gasteiger partial charge >= 0.3 is 17.8 Å². The van der Waals surface area contributed by atoms with Crippen molar-refractivity contribution in [1.82, 2.24) is 0 Å². The third-order valence-electron chi connectivity index (χ3n) is 1.88. The predicted molar refractivity (Wildman–Crippen MR) is 60.2 cm³/mol. The van der Waals surface area contributed by atoms with E-state index in [2.05, 4.69) is 5.32 Å². The van der Waals surface area contributed by atoms with Crippen LogP contribution in [-0.4, -0.2) is 24.4 Å². The highest BCUT2D eigenvalue weighted by Gasteiger charge is 2.10. The molecule has 0 atom stereocenters. The molecular weight excluding hydrogens is 224 g/mol. The van der Waals surface area contributed by atoms with Gasteiger partial charge < -0.3 is 15.8 Å². The number of carbonyl (C=O) groups is 3. The number of nitrogens with two attached hydrogens (primary N) is 1. The Hall–Kier alpha value is -2.37. The van der Waals surface area contributed by atoms with Gasteiger partial charge in [-0.15, -0.1) is 0 Å². The third kappa shape index (κ3) is 3.60. The molecule has 6 heteroatoms. The summed E-state index contributed by atoms with van der Waals surface area (Å²) in [6.07, 6.45) is 0. The summed E-state index contributed by atoms with van der Waals surface area (Å²) in [5.41, 5.74) is 5.52. The number of hydrogen-bond donors (Lipinski definition) is 2. The standard InChI is InChI=1S/C11H12N2O4/c1-2-17-11(16)7-3-5-8(6-4-7)13-10(15)9(12)14/h3-6H,2H2,1H3,(H2,12,14)(H,13,15). The Kier molecular flexibility index (Phi) is 4.21. The smallest absolute Gasteiger partial charge is 0.338 e. The van der Waals surface area contributed by atoms with Crippen molar-refractivity contribution in [2.24, 2.45) is 5.73 Å². The number of primary amides is 1. The van der Waals surface area contributed by atoms with Crippen molar-refractivity contribution < 1.29 is 19.1 Å². The maximum atomic E-state index is 11.3. The Morgan fingerprint density at radius 3 is 2.29 bits per heavy atom. The van der Waals surface area contributed by atoms with Crippen LogP contribution >= 0.6 is 0 Å². The normalized spacial score (nSPS) is 9.47. The van der Waals surface area contributed by atoms with E-state index < -0.39 is 17.8 Å². The van der Waals surface area contributed by atoms with Gasteiger partial charge in [0.25, 0.3) is 0 Å². The van der Waals surface area contributed by atoms with Crippen LogP contribution in [-0.2, 0) is 14.3 Å². The Morgan fingerprint density at radius 2 is 1.82 bits per heavy atom. The average molecular weight is 236 g/mol. The lowest BCUT2D eigenvalue weighted by Gasteiger charge is -2.04. The fourth-order valence-corrected chi connectivity index (χ4v) is 1.10. The number of benzene rings is 1. The topological polar surface area (TPSA) is 98.5 Å². The zero-order valence-electron chi connectivity index (χ0n) is 9.23. The molecule has 0 saturated heterocycles. The molecule has 2 amide bonds. The first-order valence-corrected chi connectivity index (χ1v) is 4.92. The number of amides is 2. The molecule has 6 nitrogen and oxygen atoms in total. The average Bonchev–Trinajstić information content (AvgIpc) is 2.30. The lowest BCUT2D eigenvalue weighted by molar-refractivity contribution is -0.134. The van der Waals surface area contributed by atoms with Crippen LogP contribution in [0.2, 0.25) is 0 Å². The van der Waals surface area contributed by atoms with E-state index in [9.17, 15) is 14.4 Å². The molecule has 17 heavy (non-hydrogen) atoms. The van der Waals surface area contributed by atoms with Crippen molar-refractivity contribution in [3.05, 3.63) is 29.8 Å². The summed E-state index contributed by atoms with van der Waals surface area (Å²) in [7, 11) is 0. The molecule has 3 N–H and O–H groups in total. The van der Waals surface area contributed by atoms with E-state index in [1.807, 2.05) is 0 Å². The largest absolute Gasteiger partial charge is 0.462 e. The molecule has 0 heterocycles. The molecule has 1 rings (SSSR count). The van der Waals surface area contributed by atoms with E-state index in [0.717, 1.165) is 0 Å². The minimum atomic E-state index is -1.07. The van der Waals surface area contributed by atoms with Crippen LogP contribution in [0.3, 0.4) is 0 Å². The fraction of sp³-hybridized carbons (Fsp3) is 0.182. The minimum Gasteiger partial charge on any atom is -0.462 e. The van der Waals surface area contributed by atoms with Crippen LogP contribution in [0.4, 0.5) is 5.69 Å². The highest BCUT2D eigenvalue weighted by atomic mass is 16.5. The molecule has 0 unspecified atom stereocenters. The molecule has 0 spiro atoms. The van der Waals surface area contributed by atoms with Gasteiger partial charge in [-0.1, -0.05) is 0 Å². The van der Waals surface area contributed by atoms with Crippen LogP contribution < -0.4 is 11.1 Å². The second-order valence-electron chi connectivity index (χ2n) is 3.12. The molecule has 0 radical (unpaired) electrons. The van der Waals surface area contributed by atoms with E-state index in [4.69, 9.17) is 10.5 Å². The van der Waals surface area contributed by atoms with Gasteiger partial charge in [-0.3, -0.25) is 9.59 Å². The van der Waals surface area contributed by atoms with Crippen molar-refractivity contribution >= 4 is 23.5 Å². The molecule has 0 aliphatic carbocycles. The third-order valence-corrected chi connectivity index (χ3v) is 1.88. The van der Waals surface area contributed by atoms with Crippen LogP contribution in [0, 0.1) is 0 Å². The lowest BCUT2D eigenvalue weighted by atomic mass is 10.2. The molecular formula is C11H12N2O4. The maximum absolute atomic E-state index is 11.3. The molecule has 0 aliphatic rings. The monoisotopic (exact) mass is 236 g/mol. The summed E-state index contributed by atoms with van der Waals surface area (Å²) in [6.45, 7) is 2.00. The van der Waals surface area contributed by atoms with E-state index in [0.29, 0.717) is 17.9 Å². The lowest BCUT2D eigenvalue weighted by Crippen LogP contribution is -2.29. The molecule has 0 bridgehead atoms. The molecule has 0 aliphatic heterocycles. The maximum Gasteiger partial charge on any atom is 0.338 e. The molecule has 0 aromatic heterocycles. The van der Waals surface area contributed by atoms with E-state index >= 15 is 0 Å². The predicted octanol–water partition coefficient (Wildman–Crippen LogP) is 0.287. The molecule has 0 fully saturated rings. The first kappa shape index (κ1) is 12.7. The molecule has 90 valence electrons. The number of ether oxygens (including phenoxy) is 1. The Morgan fingerprint density at radius 1 is 1.24 bits per heavy atom. The Bertz CT molecular complexity index is 439. The second kappa shape index (κ2) is 5.64. The number of nitrogens with one attached hydrogen (secondary N) is 1. The SMILES string of the molecule is CCOC(=O)c1ccc(NC(=O)C(N)=O)cc1. The van der Waals surface area contributed by atoms with Gasteiger partial charge in [-0.05, 0) is 31.2 Å². The molecule has 1 aromatic rings. The first-order chi connectivity index (χ1) is 8.04. The van der Waals surface area contributed by atoms with Crippen molar-refractivity contribution in [3.63, 3.8) is 0 Å². The van der Waals surface area contributed by atoms with Gasteiger partial charge in [0.05, 0.1) is 12.2 Å². The highest BCUT2D eigenvalue weighted by Crippen LogP contribution is 2.10. The molecule has 1 aromatic carbocycles.